The number of imide groups is 1. The van der Waals surface area contributed by atoms with Gasteiger partial charge in [-0.1, -0.05) is 49.6 Å². The van der Waals surface area contributed by atoms with Crippen molar-refractivity contribution in [3.8, 4) is 0 Å². The Morgan fingerprint density at radius 1 is 1.19 bits per heavy atom. The van der Waals surface area contributed by atoms with Crippen LogP contribution in [0.1, 0.15) is 56.1 Å². The van der Waals surface area contributed by atoms with Crippen molar-refractivity contribution in [2.45, 2.75) is 51.9 Å². The second-order valence-electron chi connectivity index (χ2n) is 7.00. The molecule has 1 aromatic rings. The number of rotatable bonds is 1. The number of carbonyl (C=O) groups is 2. The summed E-state index contributed by atoms with van der Waals surface area (Å²) in [5.41, 5.74) is 2.07. The van der Waals surface area contributed by atoms with Gasteiger partial charge in [-0.05, 0) is 36.7 Å². The highest BCUT2D eigenvalue weighted by Gasteiger charge is 2.50. The Hall–Kier alpha value is -1.64. The fourth-order valence-corrected chi connectivity index (χ4v) is 4.34. The molecule has 1 aliphatic heterocycles. The van der Waals surface area contributed by atoms with Crippen molar-refractivity contribution in [1.29, 1.82) is 0 Å². The average Bonchev–Trinajstić information content (AvgIpc) is 2.39. The normalized spacial score (nSPS) is 33.0. The summed E-state index contributed by atoms with van der Waals surface area (Å²) >= 11 is 0. The molecule has 1 aliphatic carbocycles. The van der Waals surface area contributed by atoms with Crippen molar-refractivity contribution in [3.05, 3.63) is 35.4 Å². The van der Waals surface area contributed by atoms with Crippen LogP contribution in [0.4, 0.5) is 0 Å². The molecule has 21 heavy (non-hydrogen) atoms. The fourth-order valence-electron chi connectivity index (χ4n) is 4.34. The van der Waals surface area contributed by atoms with Gasteiger partial charge in [0.1, 0.15) is 0 Å². The zero-order valence-electron chi connectivity index (χ0n) is 12.8. The Morgan fingerprint density at radius 3 is 2.57 bits per heavy atom. The van der Waals surface area contributed by atoms with Gasteiger partial charge in [-0.2, -0.15) is 0 Å². The number of piperidine rings is 1. The molecule has 1 spiro atoms. The number of amides is 2. The molecule has 2 fully saturated rings. The summed E-state index contributed by atoms with van der Waals surface area (Å²) < 4.78 is 0. The molecule has 112 valence electrons. The summed E-state index contributed by atoms with van der Waals surface area (Å²) in [5.74, 6) is 0.200. The van der Waals surface area contributed by atoms with E-state index >= 15 is 0 Å². The van der Waals surface area contributed by atoms with E-state index in [0.717, 1.165) is 24.8 Å². The van der Waals surface area contributed by atoms with Gasteiger partial charge >= 0.3 is 0 Å². The minimum absolute atomic E-state index is 0.0996. The zero-order valence-corrected chi connectivity index (χ0v) is 12.8. The van der Waals surface area contributed by atoms with Crippen LogP contribution in [0.25, 0.3) is 0 Å². The maximum Gasteiger partial charge on any atom is 0.234 e. The van der Waals surface area contributed by atoms with Crippen molar-refractivity contribution in [3.63, 3.8) is 0 Å². The molecule has 3 heteroatoms. The average molecular weight is 285 g/mol. The highest BCUT2D eigenvalue weighted by Crippen LogP contribution is 2.53. The summed E-state index contributed by atoms with van der Waals surface area (Å²) in [6, 6.07) is 8.21. The number of hydrogen-bond acceptors (Lipinski definition) is 2. The first-order valence-corrected chi connectivity index (χ1v) is 7.90. The molecule has 0 radical (unpaired) electrons. The monoisotopic (exact) mass is 285 g/mol. The van der Waals surface area contributed by atoms with Gasteiger partial charge in [-0.15, -0.1) is 0 Å². The van der Waals surface area contributed by atoms with Crippen LogP contribution in [0.3, 0.4) is 0 Å². The summed E-state index contributed by atoms with van der Waals surface area (Å²) in [6.45, 7) is 4.29. The van der Waals surface area contributed by atoms with Gasteiger partial charge in [-0.3, -0.25) is 14.9 Å². The van der Waals surface area contributed by atoms with Crippen molar-refractivity contribution < 1.29 is 9.59 Å². The van der Waals surface area contributed by atoms with Crippen molar-refractivity contribution in [1.82, 2.24) is 5.32 Å². The Morgan fingerprint density at radius 2 is 1.90 bits per heavy atom. The lowest BCUT2D eigenvalue weighted by molar-refractivity contribution is -0.142. The Labute approximate surface area is 126 Å². The minimum Gasteiger partial charge on any atom is -0.296 e. The third kappa shape index (κ3) is 2.61. The van der Waals surface area contributed by atoms with Gasteiger partial charge in [0, 0.05) is 6.42 Å². The van der Waals surface area contributed by atoms with E-state index in [9.17, 15) is 9.59 Å². The van der Waals surface area contributed by atoms with Crippen molar-refractivity contribution >= 4 is 11.8 Å². The van der Waals surface area contributed by atoms with Gasteiger partial charge in [-0.25, -0.2) is 0 Å². The number of nitrogens with one attached hydrogen (secondary N) is 1. The molecular formula is C18H23NO2. The van der Waals surface area contributed by atoms with E-state index in [0.29, 0.717) is 12.3 Å². The summed E-state index contributed by atoms with van der Waals surface area (Å²) in [6.07, 6.45) is 4.77. The molecule has 3 rings (SSSR count). The molecule has 0 aromatic heterocycles. The molecule has 3 nitrogen and oxygen atoms in total. The van der Waals surface area contributed by atoms with Crippen LogP contribution in [0, 0.1) is 18.3 Å². The third-order valence-corrected chi connectivity index (χ3v) is 5.19. The zero-order chi connectivity index (χ0) is 15.0. The van der Waals surface area contributed by atoms with Gasteiger partial charge in [0.05, 0.1) is 5.92 Å². The molecular weight excluding hydrogens is 262 g/mol. The molecule has 1 N–H and O–H groups in total. The molecule has 1 heterocycles. The van der Waals surface area contributed by atoms with E-state index < -0.39 is 0 Å². The first-order chi connectivity index (χ1) is 10.00. The second-order valence-corrected chi connectivity index (χ2v) is 7.00. The van der Waals surface area contributed by atoms with Gasteiger partial charge in [0.15, 0.2) is 0 Å². The van der Waals surface area contributed by atoms with Crippen molar-refractivity contribution in [2.75, 3.05) is 0 Å². The molecule has 3 atom stereocenters. The lowest BCUT2D eigenvalue weighted by Gasteiger charge is -2.47. The SMILES string of the molecule is Cc1ccc(C2C(=O)NC(=O)CC23CCCC(C)C3)cc1. The van der Waals surface area contributed by atoms with Gasteiger partial charge < -0.3 is 0 Å². The van der Waals surface area contributed by atoms with Crippen LogP contribution >= 0.6 is 0 Å². The topological polar surface area (TPSA) is 46.2 Å². The van der Waals surface area contributed by atoms with Crippen LogP contribution in [0.2, 0.25) is 0 Å². The maximum atomic E-state index is 12.5. The van der Waals surface area contributed by atoms with E-state index in [1.807, 2.05) is 6.92 Å². The van der Waals surface area contributed by atoms with E-state index in [-0.39, 0.29) is 23.1 Å². The third-order valence-electron chi connectivity index (χ3n) is 5.19. The largest absolute Gasteiger partial charge is 0.296 e. The number of benzene rings is 1. The maximum absolute atomic E-state index is 12.5. The van der Waals surface area contributed by atoms with E-state index in [4.69, 9.17) is 0 Å². The lowest BCUT2D eigenvalue weighted by atomic mass is 9.58. The lowest BCUT2D eigenvalue weighted by Crippen LogP contribution is -2.52. The molecule has 1 aromatic carbocycles. The summed E-state index contributed by atoms with van der Waals surface area (Å²) in [4.78, 5) is 24.5. The minimum atomic E-state index is -0.182. The smallest absolute Gasteiger partial charge is 0.234 e. The Balaban J connectivity index is 2.02. The molecule has 1 saturated heterocycles. The van der Waals surface area contributed by atoms with Gasteiger partial charge in [0.25, 0.3) is 0 Å². The van der Waals surface area contributed by atoms with E-state index in [2.05, 4.69) is 36.5 Å². The molecule has 3 unspecified atom stereocenters. The standard InChI is InChI=1S/C18H23NO2/c1-12-5-7-14(8-6-12)16-17(21)19-15(20)11-18(16)9-3-4-13(2)10-18/h5-8,13,16H,3-4,9-11H2,1-2H3,(H,19,20,21). The highest BCUT2D eigenvalue weighted by molar-refractivity contribution is 6.02. The molecule has 1 saturated carbocycles. The number of carbonyl (C=O) groups excluding carboxylic acids is 2. The van der Waals surface area contributed by atoms with E-state index in [1.54, 1.807) is 0 Å². The molecule has 2 aliphatic rings. The Kier molecular flexibility index (Phi) is 3.60. The van der Waals surface area contributed by atoms with Crippen LogP contribution in [-0.2, 0) is 9.59 Å². The summed E-state index contributed by atoms with van der Waals surface area (Å²) in [7, 11) is 0. The van der Waals surface area contributed by atoms with Crippen LogP contribution in [-0.4, -0.2) is 11.8 Å². The highest BCUT2D eigenvalue weighted by atomic mass is 16.2. The van der Waals surface area contributed by atoms with Crippen molar-refractivity contribution in [2.24, 2.45) is 11.3 Å². The quantitative estimate of drug-likeness (QED) is 0.805. The first kappa shape index (κ1) is 14.3. The number of hydrogen-bond donors (Lipinski definition) is 1. The second kappa shape index (κ2) is 5.28. The summed E-state index contributed by atoms with van der Waals surface area (Å²) in [5, 5.41) is 2.55. The predicted octanol–water partition coefficient (Wildman–Crippen LogP) is 3.32. The predicted molar refractivity (Wildman–Crippen MR) is 81.8 cm³/mol. The van der Waals surface area contributed by atoms with Crippen LogP contribution < -0.4 is 5.32 Å². The molecule has 0 bridgehead atoms. The molecule has 2 amide bonds. The Bertz CT molecular complexity index is 563. The first-order valence-electron chi connectivity index (χ1n) is 7.90. The van der Waals surface area contributed by atoms with E-state index in [1.165, 1.54) is 12.0 Å². The number of aryl methyl sites for hydroxylation is 1. The van der Waals surface area contributed by atoms with Gasteiger partial charge in [0.2, 0.25) is 11.8 Å². The van der Waals surface area contributed by atoms with Crippen LogP contribution in [0.15, 0.2) is 24.3 Å². The van der Waals surface area contributed by atoms with Crippen LogP contribution in [0.5, 0.6) is 0 Å². The fraction of sp³-hybridized carbons (Fsp3) is 0.556.